The minimum absolute atomic E-state index is 0.285. The normalized spacial score (nSPS) is 20.2. The highest BCUT2D eigenvalue weighted by Gasteiger charge is 2.32. The maximum atomic E-state index is 8.86. The topological polar surface area (TPSA) is 54.2 Å². The zero-order valence-corrected chi connectivity index (χ0v) is 13.7. The van der Waals surface area contributed by atoms with E-state index in [0.29, 0.717) is 6.04 Å². The van der Waals surface area contributed by atoms with E-state index in [1.54, 1.807) is 11.8 Å². The Kier molecular flexibility index (Phi) is 5.06. The van der Waals surface area contributed by atoms with Crippen LogP contribution in [0, 0.1) is 5.92 Å². The number of rotatable bonds is 7. The van der Waals surface area contributed by atoms with E-state index < -0.39 is 0 Å². The first-order valence-electron chi connectivity index (χ1n) is 8.23. The van der Waals surface area contributed by atoms with E-state index in [2.05, 4.69) is 26.6 Å². The fraction of sp³-hybridized carbons (Fsp3) is 0.867. The second-order valence-corrected chi connectivity index (χ2v) is 7.39. The van der Waals surface area contributed by atoms with Crippen molar-refractivity contribution in [2.24, 2.45) is 5.92 Å². The monoisotopic (exact) mass is 310 g/mol. The number of aromatic nitrogens is 3. The van der Waals surface area contributed by atoms with Crippen LogP contribution in [0.2, 0.25) is 0 Å². The van der Waals surface area contributed by atoms with Gasteiger partial charge in [0.05, 0.1) is 0 Å². The van der Waals surface area contributed by atoms with Crippen molar-refractivity contribution in [2.45, 2.75) is 56.6 Å². The molecule has 1 saturated carbocycles. The highest BCUT2D eigenvalue weighted by atomic mass is 32.2. The van der Waals surface area contributed by atoms with Crippen molar-refractivity contribution in [1.29, 1.82) is 0 Å². The summed E-state index contributed by atoms with van der Waals surface area (Å²) in [6.07, 6.45) is 6.96. The summed E-state index contributed by atoms with van der Waals surface area (Å²) >= 11 is 1.79. The van der Waals surface area contributed by atoms with Gasteiger partial charge in [-0.2, -0.15) is 0 Å². The van der Waals surface area contributed by atoms with Gasteiger partial charge in [0.2, 0.25) is 5.95 Å². The predicted octanol–water partition coefficient (Wildman–Crippen LogP) is 2.71. The van der Waals surface area contributed by atoms with Gasteiger partial charge in [0.25, 0.3) is 0 Å². The molecule has 21 heavy (non-hydrogen) atoms. The molecule has 1 aromatic rings. The Labute approximate surface area is 131 Å². The number of anilines is 1. The maximum Gasteiger partial charge on any atom is 0.228 e. The smallest absolute Gasteiger partial charge is 0.228 e. The van der Waals surface area contributed by atoms with Crippen LogP contribution in [-0.4, -0.2) is 45.3 Å². The van der Waals surface area contributed by atoms with Gasteiger partial charge in [0.15, 0.2) is 5.16 Å². The number of piperidine rings is 1. The van der Waals surface area contributed by atoms with Crippen molar-refractivity contribution in [3.05, 3.63) is 0 Å². The summed E-state index contributed by atoms with van der Waals surface area (Å²) in [6, 6.07) is 0.620. The van der Waals surface area contributed by atoms with E-state index in [1.807, 2.05) is 0 Å². The fourth-order valence-corrected chi connectivity index (χ4v) is 3.82. The van der Waals surface area contributed by atoms with Crippen LogP contribution in [0.25, 0.3) is 0 Å². The molecule has 1 N–H and O–H groups in total. The summed E-state index contributed by atoms with van der Waals surface area (Å²) in [5.41, 5.74) is 0. The molecule has 1 aliphatic heterocycles. The van der Waals surface area contributed by atoms with Crippen LogP contribution in [0.4, 0.5) is 5.95 Å². The van der Waals surface area contributed by atoms with E-state index in [-0.39, 0.29) is 6.61 Å². The summed E-state index contributed by atoms with van der Waals surface area (Å²) in [7, 11) is 0. The number of hydrogen-bond acceptors (Lipinski definition) is 5. The van der Waals surface area contributed by atoms with Crippen LogP contribution in [0.15, 0.2) is 5.16 Å². The second-order valence-electron chi connectivity index (χ2n) is 6.33. The molecule has 1 aliphatic carbocycles. The van der Waals surface area contributed by atoms with Gasteiger partial charge in [0, 0.05) is 31.5 Å². The third-order valence-corrected chi connectivity index (χ3v) is 5.44. The molecule has 1 aromatic heterocycles. The van der Waals surface area contributed by atoms with Gasteiger partial charge in [-0.3, -0.25) is 4.57 Å². The van der Waals surface area contributed by atoms with E-state index in [4.69, 9.17) is 5.11 Å². The molecule has 2 heterocycles. The van der Waals surface area contributed by atoms with Gasteiger partial charge in [-0.1, -0.05) is 18.7 Å². The Bertz CT molecular complexity index is 453. The average Bonchev–Trinajstić information content (AvgIpc) is 3.25. The zero-order chi connectivity index (χ0) is 14.7. The van der Waals surface area contributed by atoms with Gasteiger partial charge >= 0.3 is 0 Å². The third kappa shape index (κ3) is 3.72. The Morgan fingerprint density at radius 1 is 1.14 bits per heavy atom. The highest BCUT2D eigenvalue weighted by Crippen LogP contribution is 2.41. The molecule has 0 amide bonds. The van der Waals surface area contributed by atoms with Crippen LogP contribution >= 0.6 is 11.8 Å². The summed E-state index contributed by atoms with van der Waals surface area (Å²) in [5, 5.41) is 18.9. The van der Waals surface area contributed by atoms with Crippen molar-refractivity contribution < 1.29 is 5.11 Å². The summed E-state index contributed by atoms with van der Waals surface area (Å²) in [6.45, 7) is 4.85. The fourth-order valence-electron chi connectivity index (χ4n) is 2.82. The zero-order valence-electron chi connectivity index (χ0n) is 12.9. The van der Waals surface area contributed by atoms with Gasteiger partial charge in [-0.25, -0.2) is 0 Å². The van der Waals surface area contributed by atoms with Crippen molar-refractivity contribution in [2.75, 3.05) is 30.3 Å². The molecule has 5 nitrogen and oxygen atoms in total. The highest BCUT2D eigenvalue weighted by molar-refractivity contribution is 7.99. The Balaban J connectivity index is 1.67. The van der Waals surface area contributed by atoms with Crippen molar-refractivity contribution >= 4 is 17.7 Å². The third-order valence-electron chi connectivity index (χ3n) is 4.41. The Morgan fingerprint density at radius 2 is 1.90 bits per heavy atom. The van der Waals surface area contributed by atoms with E-state index in [0.717, 1.165) is 48.7 Å². The molecule has 1 saturated heterocycles. The van der Waals surface area contributed by atoms with Crippen LogP contribution in [-0.2, 0) is 0 Å². The number of aliphatic hydroxyl groups is 1. The molecule has 2 fully saturated rings. The first-order valence-corrected chi connectivity index (χ1v) is 9.21. The summed E-state index contributed by atoms with van der Waals surface area (Å²) < 4.78 is 2.37. The molecule has 0 unspecified atom stereocenters. The molecule has 0 aromatic carbocycles. The van der Waals surface area contributed by atoms with Crippen LogP contribution in [0.3, 0.4) is 0 Å². The molecule has 0 bridgehead atoms. The molecule has 118 valence electrons. The lowest BCUT2D eigenvalue weighted by Crippen LogP contribution is -2.34. The second kappa shape index (κ2) is 7.01. The minimum atomic E-state index is 0.285. The molecule has 6 heteroatoms. The largest absolute Gasteiger partial charge is 0.396 e. The molecular weight excluding hydrogens is 284 g/mol. The van der Waals surface area contributed by atoms with Gasteiger partial charge in [-0.05, 0) is 44.4 Å². The molecular formula is C15H26N4OS. The van der Waals surface area contributed by atoms with Crippen LogP contribution < -0.4 is 4.90 Å². The van der Waals surface area contributed by atoms with Crippen molar-refractivity contribution in [1.82, 2.24) is 14.8 Å². The Morgan fingerprint density at radius 3 is 2.57 bits per heavy atom. The lowest BCUT2D eigenvalue weighted by atomic mass is 10.00. The Hall–Kier alpha value is -0.750. The molecule has 0 atom stereocenters. The first-order chi connectivity index (χ1) is 10.3. The number of hydrogen-bond donors (Lipinski definition) is 1. The average molecular weight is 310 g/mol. The molecule has 0 spiro atoms. The molecule has 3 rings (SSSR count). The maximum absolute atomic E-state index is 8.86. The van der Waals surface area contributed by atoms with Crippen molar-refractivity contribution in [3.63, 3.8) is 0 Å². The summed E-state index contributed by atoms with van der Waals surface area (Å²) in [5.74, 6) is 2.95. The van der Waals surface area contributed by atoms with Gasteiger partial charge in [0.1, 0.15) is 0 Å². The SMILES string of the molecule is CC1CCN(c2nnc(SCCCCO)n2C2CC2)CC1. The van der Waals surface area contributed by atoms with Crippen LogP contribution in [0.5, 0.6) is 0 Å². The predicted molar refractivity (Wildman–Crippen MR) is 85.9 cm³/mol. The quantitative estimate of drug-likeness (QED) is 0.620. The number of thioether (sulfide) groups is 1. The minimum Gasteiger partial charge on any atom is -0.396 e. The van der Waals surface area contributed by atoms with Crippen molar-refractivity contribution in [3.8, 4) is 0 Å². The van der Waals surface area contributed by atoms with E-state index in [1.165, 1.54) is 25.7 Å². The lowest BCUT2D eigenvalue weighted by molar-refractivity contribution is 0.287. The number of aliphatic hydroxyl groups excluding tert-OH is 1. The molecule has 2 aliphatic rings. The number of nitrogens with zero attached hydrogens (tertiary/aromatic N) is 4. The number of unbranched alkanes of at least 4 members (excludes halogenated alkanes) is 1. The van der Waals surface area contributed by atoms with E-state index in [9.17, 15) is 0 Å². The first kappa shape index (κ1) is 15.2. The summed E-state index contributed by atoms with van der Waals surface area (Å²) in [4.78, 5) is 2.42. The standard InChI is InChI=1S/C15H26N4OS/c1-12-6-8-18(9-7-12)14-16-17-15(19(14)13-4-5-13)21-11-3-2-10-20/h12-13,20H,2-11H2,1H3. The van der Waals surface area contributed by atoms with Gasteiger partial charge < -0.3 is 10.0 Å². The molecule has 0 radical (unpaired) electrons. The van der Waals surface area contributed by atoms with E-state index >= 15 is 0 Å². The lowest BCUT2D eigenvalue weighted by Gasteiger charge is -2.31. The van der Waals surface area contributed by atoms with Crippen LogP contribution in [0.1, 0.15) is 51.5 Å². The van der Waals surface area contributed by atoms with Gasteiger partial charge in [-0.15, -0.1) is 10.2 Å².